The van der Waals surface area contributed by atoms with Gasteiger partial charge in [0, 0.05) is 0 Å². The molecule has 1 heterocycles. The number of hydrogen-bond acceptors (Lipinski definition) is 7. The Morgan fingerprint density at radius 1 is 1.07 bits per heavy atom. The fraction of sp³-hybridized carbons (Fsp3) is 1.00. The summed E-state index contributed by atoms with van der Waals surface area (Å²) in [5, 5.41) is 54.6. The standard InChI is InChI=1S/C7H14O7/c8-1-3-4(10)5(11)6(12)7(13,2-9)14-3/h3-6,8-13H,1-2H2/t3-,4-,5-,6+,7+/m1/s1. The zero-order chi connectivity index (χ0) is 10.9. The molecule has 0 saturated carbocycles. The van der Waals surface area contributed by atoms with Gasteiger partial charge in [-0.15, -0.1) is 0 Å². The minimum absolute atomic E-state index is 0.646. The largest absolute Gasteiger partial charge is 0.394 e. The first kappa shape index (κ1) is 11.8. The van der Waals surface area contributed by atoms with E-state index >= 15 is 0 Å². The lowest BCUT2D eigenvalue weighted by molar-refractivity contribution is -0.357. The number of hydrogen-bond donors (Lipinski definition) is 6. The van der Waals surface area contributed by atoms with Gasteiger partial charge in [0.15, 0.2) is 0 Å². The van der Waals surface area contributed by atoms with E-state index in [1.807, 2.05) is 0 Å². The summed E-state index contributed by atoms with van der Waals surface area (Å²) in [6.45, 7) is -1.60. The van der Waals surface area contributed by atoms with Gasteiger partial charge in [-0.2, -0.15) is 0 Å². The van der Waals surface area contributed by atoms with Crippen molar-refractivity contribution in [3.63, 3.8) is 0 Å². The number of aliphatic hydroxyl groups excluding tert-OH is 5. The van der Waals surface area contributed by atoms with Gasteiger partial charge in [0.1, 0.15) is 24.4 Å². The van der Waals surface area contributed by atoms with E-state index in [1.54, 1.807) is 0 Å². The molecule has 7 heteroatoms. The van der Waals surface area contributed by atoms with Crippen LogP contribution in [0.3, 0.4) is 0 Å². The average Bonchev–Trinajstić information content (AvgIpc) is 2.20. The van der Waals surface area contributed by atoms with Crippen LogP contribution in [0.4, 0.5) is 0 Å². The molecule has 84 valence electrons. The first-order valence-corrected chi connectivity index (χ1v) is 4.12. The zero-order valence-corrected chi connectivity index (χ0v) is 7.32. The Labute approximate surface area is 79.8 Å². The SMILES string of the molecule is OC[C@H]1O[C@@](O)(CO)[C@@H](O)[C@H](O)[C@@H]1O. The van der Waals surface area contributed by atoms with E-state index in [9.17, 15) is 20.4 Å². The highest BCUT2D eigenvalue weighted by Crippen LogP contribution is 2.27. The van der Waals surface area contributed by atoms with Crippen LogP contribution in [0.25, 0.3) is 0 Å². The highest BCUT2D eigenvalue weighted by molar-refractivity contribution is 4.95. The van der Waals surface area contributed by atoms with Gasteiger partial charge in [0.05, 0.1) is 13.2 Å². The van der Waals surface area contributed by atoms with Crippen LogP contribution >= 0.6 is 0 Å². The third kappa shape index (κ3) is 1.75. The lowest BCUT2D eigenvalue weighted by Gasteiger charge is -2.44. The average molecular weight is 210 g/mol. The minimum Gasteiger partial charge on any atom is -0.394 e. The smallest absolute Gasteiger partial charge is 0.219 e. The van der Waals surface area contributed by atoms with E-state index in [2.05, 4.69) is 4.74 Å². The molecule has 1 saturated heterocycles. The summed E-state index contributed by atoms with van der Waals surface area (Å²) in [5.74, 6) is -2.36. The Hall–Kier alpha value is -0.280. The Morgan fingerprint density at radius 3 is 2.07 bits per heavy atom. The van der Waals surface area contributed by atoms with Gasteiger partial charge in [0.25, 0.3) is 0 Å². The van der Waals surface area contributed by atoms with E-state index in [4.69, 9.17) is 10.2 Å². The zero-order valence-electron chi connectivity index (χ0n) is 7.32. The van der Waals surface area contributed by atoms with Crippen molar-refractivity contribution < 1.29 is 35.4 Å². The summed E-state index contributed by atoms with van der Waals surface area (Å²) in [6, 6.07) is 0. The maximum atomic E-state index is 9.43. The molecule has 0 aromatic heterocycles. The molecule has 1 aliphatic heterocycles. The Bertz CT molecular complexity index is 196. The Balaban J connectivity index is 2.84. The van der Waals surface area contributed by atoms with Crippen molar-refractivity contribution in [2.24, 2.45) is 0 Å². The summed E-state index contributed by atoms with van der Waals surface area (Å²) >= 11 is 0. The van der Waals surface area contributed by atoms with Crippen LogP contribution in [-0.4, -0.2) is 74.1 Å². The molecule has 0 bridgehead atoms. The minimum atomic E-state index is -2.36. The maximum absolute atomic E-state index is 9.43. The van der Waals surface area contributed by atoms with E-state index in [0.29, 0.717) is 0 Å². The molecule has 0 aliphatic carbocycles. The predicted molar refractivity (Wildman–Crippen MR) is 42.0 cm³/mol. The van der Waals surface area contributed by atoms with E-state index in [-0.39, 0.29) is 0 Å². The number of aliphatic hydroxyl groups is 6. The predicted octanol–water partition coefficient (Wildman–Crippen LogP) is -3.86. The third-order valence-electron chi connectivity index (χ3n) is 2.28. The molecule has 14 heavy (non-hydrogen) atoms. The third-order valence-corrected chi connectivity index (χ3v) is 2.28. The Kier molecular flexibility index (Phi) is 3.43. The molecule has 1 fully saturated rings. The fourth-order valence-corrected chi connectivity index (χ4v) is 1.35. The number of rotatable bonds is 2. The summed E-state index contributed by atoms with van der Waals surface area (Å²) in [7, 11) is 0. The first-order valence-electron chi connectivity index (χ1n) is 4.12. The van der Waals surface area contributed by atoms with Crippen molar-refractivity contribution in [3.05, 3.63) is 0 Å². The van der Waals surface area contributed by atoms with Gasteiger partial charge < -0.3 is 35.4 Å². The van der Waals surface area contributed by atoms with Crippen molar-refractivity contribution in [1.29, 1.82) is 0 Å². The van der Waals surface area contributed by atoms with Gasteiger partial charge in [-0.1, -0.05) is 0 Å². The summed E-state index contributed by atoms with van der Waals surface area (Å²) in [4.78, 5) is 0. The lowest BCUT2D eigenvalue weighted by atomic mass is 9.93. The molecule has 5 atom stereocenters. The normalized spacial score (nSPS) is 49.3. The topological polar surface area (TPSA) is 131 Å². The van der Waals surface area contributed by atoms with Crippen molar-refractivity contribution in [2.75, 3.05) is 13.2 Å². The first-order chi connectivity index (χ1) is 6.46. The second-order valence-corrected chi connectivity index (χ2v) is 3.27. The van der Waals surface area contributed by atoms with Crippen LogP contribution in [0.1, 0.15) is 0 Å². The molecule has 0 radical (unpaired) electrons. The molecular weight excluding hydrogens is 196 g/mol. The molecule has 7 nitrogen and oxygen atoms in total. The van der Waals surface area contributed by atoms with E-state index < -0.39 is 43.4 Å². The highest BCUT2D eigenvalue weighted by Gasteiger charge is 2.52. The molecule has 1 rings (SSSR count). The molecule has 6 N–H and O–H groups in total. The van der Waals surface area contributed by atoms with Crippen LogP contribution in [0.15, 0.2) is 0 Å². The lowest BCUT2D eigenvalue weighted by Crippen LogP contribution is -2.66. The second-order valence-electron chi connectivity index (χ2n) is 3.27. The molecule has 0 amide bonds. The Morgan fingerprint density at radius 2 is 1.64 bits per heavy atom. The molecule has 0 unspecified atom stereocenters. The fourth-order valence-electron chi connectivity index (χ4n) is 1.35. The molecule has 0 aromatic rings. The van der Waals surface area contributed by atoms with Gasteiger partial charge in [-0.05, 0) is 0 Å². The van der Waals surface area contributed by atoms with Crippen molar-refractivity contribution in [3.8, 4) is 0 Å². The van der Waals surface area contributed by atoms with Crippen molar-refractivity contribution in [2.45, 2.75) is 30.2 Å². The van der Waals surface area contributed by atoms with Crippen LogP contribution in [0, 0.1) is 0 Å². The van der Waals surface area contributed by atoms with E-state index in [0.717, 1.165) is 0 Å². The van der Waals surface area contributed by atoms with Gasteiger partial charge in [-0.3, -0.25) is 0 Å². The molecule has 0 spiro atoms. The van der Waals surface area contributed by atoms with Crippen LogP contribution in [0.5, 0.6) is 0 Å². The number of ether oxygens (including phenoxy) is 1. The molecular formula is C7H14O7. The van der Waals surface area contributed by atoms with Gasteiger partial charge in [0.2, 0.25) is 5.79 Å². The van der Waals surface area contributed by atoms with Crippen LogP contribution in [-0.2, 0) is 4.74 Å². The quantitative estimate of drug-likeness (QED) is 0.275. The van der Waals surface area contributed by atoms with Crippen molar-refractivity contribution >= 4 is 0 Å². The van der Waals surface area contributed by atoms with Crippen molar-refractivity contribution in [1.82, 2.24) is 0 Å². The van der Waals surface area contributed by atoms with E-state index in [1.165, 1.54) is 0 Å². The summed E-state index contributed by atoms with van der Waals surface area (Å²) < 4.78 is 4.66. The molecule has 0 aromatic carbocycles. The second kappa shape index (κ2) is 4.07. The maximum Gasteiger partial charge on any atom is 0.219 e. The highest BCUT2D eigenvalue weighted by atomic mass is 16.7. The van der Waals surface area contributed by atoms with Gasteiger partial charge in [-0.25, -0.2) is 0 Å². The summed E-state index contributed by atoms with van der Waals surface area (Å²) in [5.41, 5.74) is 0. The summed E-state index contributed by atoms with van der Waals surface area (Å²) in [6.07, 6.45) is -6.27. The monoisotopic (exact) mass is 210 g/mol. The van der Waals surface area contributed by atoms with Crippen LogP contribution < -0.4 is 0 Å². The van der Waals surface area contributed by atoms with Gasteiger partial charge >= 0.3 is 0 Å². The van der Waals surface area contributed by atoms with Crippen LogP contribution in [0.2, 0.25) is 0 Å². The molecule has 1 aliphatic rings.